The lowest BCUT2D eigenvalue weighted by molar-refractivity contribution is -0.127. The van der Waals surface area contributed by atoms with E-state index in [1.807, 2.05) is 20.8 Å². The number of ether oxygens (including phenoxy) is 1. The minimum atomic E-state index is -0.114. The van der Waals surface area contributed by atoms with Gasteiger partial charge in [0.15, 0.2) is 0 Å². The van der Waals surface area contributed by atoms with E-state index in [0.29, 0.717) is 5.88 Å². The van der Waals surface area contributed by atoms with Crippen molar-refractivity contribution in [3.8, 4) is 0 Å². The number of carbonyl (C=O) groups excluding carboxylic acids is 1. The highest BCUT2D eigenvalue weighted by atomic mass is 35.5. The maximum absolute atomic E-state index is 11.0. The van der Waals surface area contributed by atoms with Gasteiger partial charge in [0.1, 0.15) is 6.61 Å². The van der Waals surface area contributed by atoms with Gasteiger partial charge in [-0.1, -0.05) is 0 Å². The molecular weight excluding hydrogens is 178 g/mol. The van der Waals surface area contributed by atoms with Gasteiger partial charge in [-0.2, -0.15) is 0 Å². The van der Waals surface area contributed by atoms with Crippen LogP contribution < -0.4 is 5.32 Å². The van der Waals surface area contributed by atoms with Crippen LogP contribution in [0.1, 0.15) is 20.8 Å². The van der Waals surface area contributed by atoms with Gasteiger partial charge in [-0.15, -0.1) is 11.6 Å². The molecule has 1 atom stereocenters. The summed E-state index contributed by atoms with van der Waals surface area (Å²) >= 11 is 5.50. The SMILES string of the molecule is CC(CCl)NC(=O)COC(C)C. The third-order valence-electron chi connectivity index (χ3n) is 1.19. The topological polar surface area (TPSA) is 38.3 Å². The highest BCUT2D eigenvalue weighted by Crippen LogP contribution is 1.89. The van der Waals surface area contributed by atoms with Crippen LogP contribution in [0.5, 0.6) is 0 Å². The van der Waals surface area contributed by atoms with Crippen molar-refractivity contribution in [2.75, 3.05) is 12.5 Å². The Morgan fingerprint density at radius 1 is 1.50 bits per heavy atom. The first kappa shape index (κ1) is 11.7. The second-order valence-electron chi connectivity index (χ2n) is 2.98. The van der Waals surface area contributed by atoms with Crippen molar-refractivity contribution in [3.63, 3.8) is 0 Å². The summed E-state index contributed by atoms with van der Waals surface area (Å²) < 4.78 is 5.09. The highest BCUT2D eigenvalue weighted by molar-refractivity contribution is 6.18. The average molecular weight is 194 g/mol. The lowest BCUT2D eigenvalue weighted by Gasteiger charge is -2.11. The maximum atomic E-state index is 11.0. The minimum absolute atomic E-state index is 0.00919. The number of carbonyl (C=O) groups is 1. The summed E-state index contributed by atoms with van der Waals surface area (Å²) in [7, 11) is 0. The van der Waals surface area contributed by atoms with Crippen LogP contribution in [-0.2, 0) is 9.53 Å². The fourth-order valence-corrected chi connectivity index (χ4v) is 0.675. The molecule has 3 nitrogen and oxygen atoms in total. The van der Waals surface area contributed by atoms with E-state index < -0.39 is 0 Å². The lowest BCUT2D eigenvalue weighted by Crippen LogP contribution is -2.36. The van der Waals surface area contributed by atoms with Crippen molar-refractivity contribution in [2.24, 2.45) is 0 Å². The van der Waals surface area contributed by atoms with E-state index in [1.54, 1.807) is 0 Å². The monoisotopic (exact) mass is 193 g/mol. The first-order valence-electron chi connectivity index (χ1n) is 4.03. The number of rotatable bonds is 5. The van der Waals surface area contributed by atoms with Gasteiger partial charge in [0, 0.05) is 11.9 Å². The Bertz CT molecular complexity index is 139. The lowest BCUT2D eigenvalue weighted by atomic mass is 10.4. The molecule has 0 bridgehead atoms. The van der Waals surface area contributed by atoms with Gasteiger partial charge in [-0.25, -0.2) is 0 Å². The van der Waals surface area contributed by atoms with Crippen LogP contribution in [-0.4, -0.2) is 30.5 Å². The van der Waals surface area contributed by atoms with Gasteiger partial charge >= 0.3 is 0 Å². The molecule has 12 heavy (non-hydrogen) atoms. The number of hydrogen-bond donors (Lipinski definition) is 1. The molecule has 0 aromatic carbocycles. The van der Waals surface area contributed by atoms with E-state index in [9.17, 15) is 4.79 Å². The Morgan fingerprint density at radius 2 is 2.08 bits per heavy atom. The summed E-state index contributed by atoms with van der Waals surface area (Å²) in [6.45, 7) is 5.73. The zero-order valence-electron chi connectivity index (χ0n) is 7.76. The standard InChI is InChI=1S/C8H16ClNO2/c1-6(2)12-5-8(11)10-7(3)4-9/h6-7H,4-5H2,1-3H3,(H,10,11). The van der Waals surface area contributed by atoms with Crippen LogP contribution in [0, 0.1) is 0 Å². The fraction of sp³-hybridized carbons (Fsp3) is 0.875. The number of nitrogens with one attached hydrogen (secondary N) is 1. The summed E-state index contributed by atoms with van der Waals surface area (Å²) in [5, 5.41) is 2.69. The molecule has 4 heteroatoms. The van der Waals surface area contributed by atoms with Crippen LogP contribution in [0.4, 0.5) is 0 Å². The summed E-state index contributed by atoms with van der Waals surface area (Å²) in [5.74, 6) is 0.310. The summed E-state index contributed by atoms with van der Waals surface area (Å²) in [6.07, 6.45) is 0.0852. The molecule has 0 aromatic rings. The summed E-state index contributed by atoms with van der Waals surface area (Å²) in [6, 6.07) is 0.00919. The van der Waals surface area contributed by atoms with E-state index in [1.165, 1.54) is 0 Å². The summed E-state index contributed by atoms with van der Waals surface area (Å²) in [4.78, 5) is 11.0. The molecule has 0 heterocycles. The Hall–Kier alpha value is -0.280. The molecule has 0 aromatic heterocycles. The zero-order chi connectivity index (χ0) is 9.56. The molecule has 1 N–H and O–H groups in total. The fourth-order valence-electron chi connectivity index (χ4n) is 0.597. The summed E-state index contributed by atoms with van der Waals surface area (Å²) in [5.41, 5.74) is 0. The normalized spacial score (nSPS) is 13.1. The van der Waals surface area contributed by atoms with Crippen molar-refractivity contribution in [1.29, 1.82) is 0 Å². The Labute approximate surface area is 78.4 Å². The second-order valence-corrected chi connectivity index (χ2v) is 3.29. The largest absolute Gasteiger partial charge is 0.369 e. The van der Waals surface area contributed by atoms with Gasteiger partial charge < -0.3 is 10.1 Å². The zero-order valence-corrected chi connectivity index (χ0v) is 8.52. The predicted octanol–water partition coefficient (Wildman–Crippen LogP) is 1.15. The quantitative estimate of drug-likeness (QED) is 0.666. The van der Waals surface area contributed by atoms with Gasteiger partial charge in [0.2, 0.25) is 5.91 Å². The van der Waals surface area contributed by atoms with Gasteiger partial charge in [-0.3, -0.25) is 4.79 Å². The van der Waals surface area contributed by atoms with Crippen LogP contribution in [0.15, 0.2) is 0 Å². The molecule has 0 aliphatic carbocycles. The third-order valence-corrected chi connectivity index (χ3v) is 1.65. The van der Waals surface area contributed by atoms with Gasteiger partial charge in [-0.05, 0) is 20.8 Å². The van der Waals surface area contributed by atoms with Crippen molar-refractivity contribution < 1.29 is 9.53 Å². The average Bonchev–Trinajstić information content (AvgIpc) is 2.00. The number of amides is 1. The van der Waals surface area contributed by atoms with E-state index in [2.05, 4.69) is 5.32 Å². The Kier molecular flexibility index (Phi) is 6.11. The molecular formula is C8H16ClNO2. The smallest absolute Gasteiger partial charge is 0.246 e. The van der Waals surface area contributed by atoms with E-state index in [4.69, 9.17) is 16.3 Å². The van der Waals surface area contributed by atoms with E-state index in [0.717, 1.165) is 0 Å². The highest BCUT2D eigenvalue weighted by Gasteiger charge is 2.06. The molecule has 0 fully saturated rings. The molecule has 0 rings (SSSR count). The number of halogens is 1. The van der Waals surface area contributed by atoms with Crippen molar-refractivity contribution >= 4 is 17.5 Å². The van der Waals surface area contributed by atoms with Crippen LogP contribution in [0.3, 0.4) is 0 Å². The first-order valence-corrected chi connectivity index (χ1v) is 4.56. The molecule has 72 valence electrons. The van der Waals surface area contributed by atoms with Crippen molar-refractivity contribution in [2.45, 2.75) is 32.9 Å². The molecule has 0 saturated heterocycles. The molecule has 1 unspecified atom stereocenters. The second kappa shape index (κ2) is 6.26. The van der Waals surface area contributed by atoms with Crippen LogP contribution in [0.25, 0.3) is 0 Å². The molecule has 0 aliphatic heterocycles. The molecule has 0 saturated carbocycles. The Morgan fingerprint density at radius 3 is 2.50 bits per heavy atom. The van der Waals surface area contributed by atoms with Crippen molar-refractivity contribution in [1.82, 2.24) is 5.32 Å². The molecule has 0 spiro atoms. The number of hydrogen-bond acceptors (Lipinski definition) is 2. The molecule has 1 amide bonds. The van der Waals surface area contributed by atoms with E-state index in [-0.39, 0.29) is 24.7 Å². The van der Waals surface area contributed by atoms with E-state index >= 15 is 0 Å². The van der Waals surface area contributed by atoms with Gasteiger partial charge in [0.05, 0.1) is 6.10 Å². The molecule has 0 radical (unpaired) electrons. The van der Waals surface area contributed by atoms with Crippen LogP contribution in [0.2, 0.25) is 0 Å². The van der Waals surface area contributed by atoms with Crippen molar-refractivity contribution in [3.05, 3.63) is 0 Å². The predicted molar refractivity (Wildman–Crippen MR) is 49.4 cm³/mol. The maximum Gasteiger partial charge on any atom is 0.246 e. The number of alkyl halides is 1. The van der Waals surface area contributed by atoms with Gasteiger partial charge in [0.25, 0.3) is 0 Å². The third kappa shape index (κ3) is 6.43. The minimum Gasteiger partial charge on any atom is -0.369 e. The van der Waals surface area contributed by atoms with Crippen LogP contribution >= 0.6 is 11.6 Å². The first-order chi connectivity index (χ1) is 5.56. The molecule has 0 aliphatic rings. The Balaban J connectivity index is 3.46.